The van der Waals surface area contributed by atoms with E-state index in [4.69, 9.17) is 5.73 Å². The maximum Gasteiger partial charge on any atom is 0.252 e. The summed E-state index contributed by atoms with van der Waals surface area (Å²) in [6.45, 7) is 0. The Balaban J connectivity index is 1.90. The Hall–Kier alpha value is -2.14. The first-order valence-corrected chi connectivity index (χ1v) is 8.63. The van der Waals surface area contributed by atoms with Gasteiger partial charge in [0, 0.05) is 30.9 Å². The van der Waals surface area contributed by atoms with Gasteiger partial charge in [-0.15, -0.1) is 11.3 Å². The van der Waals surface area contributed by atoms with Crippen LogP contribution in [0.2, 0.25) is 0 Å². The largest absolute Gasteiger partial charge is 0.378 e. The lowest BCUT2D eigenvalue weighted by molar-refractivity contribution is 0.100. The van der Waals surface area contributed by atoms with Gasteiger partial charge in [0.15, 0.2) is 0 Å². The van der Waals surface area contributed by atoms with Crippen LogP contribution in [0.15, 0.2) is 29.3 Å². The number of amides is 1. The van der Waals surface area contributed by atoms with Gasteiger partial charge in [-0.05, 0) is 48.9 Å². The van der Waals surface area contributed by atoms with Crippen molar-refractivity contribution in [3.63, 3.8) is 0 Å². The number of anilines is 1. The van der Waals surface area contributed by atoms with E-state index in [1.54, 1.807) is 11.3 Å². The fourth-order valence-corrected chi connectivity index (χ4v) is 4.13. The summed E-state index contributed by atoms with van der Waals surface area (Å²) in [5.41, 5.74) is 9.51. The Bertz CT molecular complexity index is 744. The van der Waals surface area contributed by atoms with E-state index in [2.05, 4.69) is 22.0 Å². The van der Waals surface area contributed by atoms with Crippen molar-refractivity contribution in [3.8, 4) is 0 Å². The average molecular weight is 327 g/mol. The molecule has 0 radical (unpaired) electrons. The van der Waals surface area contributed by atoms with Crippen molar-refractivity contribution in [2.24, 2.45) is 10.7 Å². The Morgan fingerprint density at radius 1 is 1.22 bits per heavy atom. The number of carbonyl (C=O) groups excluding carboxylic acids is 1. The van der Waals surface area contributed by atoms with Crippen LogP contribution in [0.5, 0.6) is 0 Å². The molecule has 1 aromatic carbocycles. The number of aliphatic imine (C=N–C) groups is 1. The zero-order valence-corrected chi connectivity index (χ0v) is 14.3. The highest BCUT2D eigenvalue weighted by Crippen LogP contribution is 2.39. The van der Waals surface area contributed by atoms with Gasteiger partial charge >= 0.3 is 0 Å². The molecule has 0 atom stereocenters. The first-order valence-electron chi connectivity index (χ1n) is 7.82. The van der Waals surface area contributed by atoms with Crippen molar-refractivity contribution < 1.29 is 4.79 Å². The molecule has 1 amide bonds. The van der Waals surface area contributed by atoms with Gasteiger partial charge in [0.2, 0.25) is 0 Å². The molecule has 0 bridgehead atoms. The fourth-order valence-electron chi connectivity index (χ4n) is 2.89. The topological polar surface area (TPSA) is 58.7 Å². The summed E-state index contributed by atoms with van der Waals surface area (Å²) in [5.74, 6) is -0.362. The minimum absolute atomic E-state index is 0.362. The van der Waals surface area contributed by atoms with E-state index in [0.29, 0.717) is 5.56 Å². The molecule has 0 spiro atoms. The van der Waals surface area contributed by atoms with Crippen LogP contribution in [-0.2, 0) is 12.8 Å². The van der Waals surface area contributed by atoms with Gasteiger partial charge in [0.05, 0.1) is 5.56 Å². The van der Waals surface area contributed by atoms with E-state index in [-0.39, 0.29) is 5.91 Å². The maximum atomic E-state index is 11.8. The van der Waals surface area contributed by atoms with Crippen LogP contribution >= 0.6 is 11.3 Å². The summed E-state index contributed by atoms with van der Waals surface area (Å²) >= 11 is 1.61. The Morgan fingerprint density at radius 3 is 2.57 bits per heavy atom. The minimum Gasteiger partial charge on any atom is -0.378 e. The highest BCUT2D eigenvalue weighted by atomic mass is 32.1. The lowest BCUT2D eigenvalue weighted by Crippen LogP contribution is -2.14. The summed E-state index contributed by atoms with van der Waals surface area (Å²) in [6.07, 6.45) is 6.09. The highest BCUT2D eigenvalue weighted by molar-refractivity contribution is 7.16. The highest BCUT2D eigenvalue weighted by Gasteiger charge is 2.23. The molecule has 0 aliphatic heterocycles. The second kappa shape index (κ2) is 6.54. The number of hydrogen-bond donors (Lipinski definition) is 1. The van der Waals surface area contributed by atoms with Crippen molar-refractivity contribution in [1.29, 1.82) is 0 Å². The van der Waals surface area contributed by atoms with Crippen molar-refractivity contribution in [2.45, 2.75) is 25.7 Å². The third-order valence-electron chi connectivity index (χ3n) is 4.14. The lowest BCUT2D eigenvalue weighted by atomic mass is 9.95. The number of carbonyl (C=O) groups is 1. The molecule has 3 rings (SSSR count). The average Bonchev–Trinajstić information content (AvgIpc) is 2.91. The molecule has 1 aromatic heterocycles. The molecule has 1 heterocycles. The molecule has 0 saturated heterocycles. The summed E-state index contributed by atoms with van der Waals surface area (Å²) in [7, 11) is 4.02. The number of aryl methyl sites for hydroxylation is 1. The number of primary amides is 1. The van der Waals surface area contributed by atoms with Crippen LogP contribution in [0.1, 0.15) is 39.2 Å². The van der Waals surface area contributed by atoms with E-state index >= 15 is 0 Å². The quantitative estimate of drug-likeness (QED) is 0.873. The van der Waals surface area contributed by atoms with Gasteiger partial charge in [-0.3, -0.25) is 4.79 Å². The summed E-state index contributed by atoms with van der Waals surface area (Å²) < 4.78 is 0. The Kier molecular flexibility index (Phi) is 4.48. The van der Waals surface area contributed by atoms with Gasteiger partial charge in [-0.1, -0.05) is 12.1 Å². The molecule has 1 aliphatic rings. The smallest absolute Gasteiger partial charge is 0.252 e. The molecule has 0 fully saturated rings. The summed E-state index contributed by atoms with van der Waals surface area (Å²) in [6, 6.07) is 8.15. The van der Waals surface area contributed by atoms with Gasteiger partial charge in [0.25, 0.3) is 5.91 Å². The van der Waals surface area contributed by atoms with Gasteiger partial charge in [-0.25, -0.2) is 4.99 Å². The second-order valence-corrected chi connectivity index (χ2v) is 7.08. The SMILES string of the molecule is CN(C)c1ccc(/C=N/c2sc3c(c2C(N)=O)CCCC3)cc1. The molecular weight excluding hydrogens is 306 g/mol. The first kappa shape index (κ1) is 15.7. The minimum atomic E-state index is -0.362. The number of hydrogen-bond acceptors (Lipinski definition) is 4. The van der Waals surface area contributed by atoms with Crippen molar-refractivity contribution >= 4 is 34.1 Å². The van der Waals surface area contributed by atoms with Crippen molar-refractivity contribution in [1.82, 2.24) is 0 Å². The molecule has 120 valence electrons. The molecule has 0 unspecified atom stereocenters. The standard InChI is InChI=1S/C18H21N3OS/c1-21(2)13-9-7-12(8-10-13)11-20-18-16(17(19)22)14-5-3-4-6-15(14)23-18/h7-11H,3-6H2,1-2H3,(H2,19,22)/b20-11+. The Morgan fingerprint density at radius 2 is 1.91 bits per heavy atom. The summed E-state index contributed by atoms with van der Waals surface area (Å²) in [5, 5.41) is 0.751. The molecule has 0 saturated carbocycles. The number of fused-ring (bicyclic) bond motifs is 1. The number of nitrogens with two attached hydrogens (primary N) is 1. The molecular formula is C18H21N3OS. The lowest BCUT2D eigenvalue weighted by Gasteiger charge is -2.11. The molecule has 4 nitrogen and oxygen atoms in total. The van der Waals surface area contributed by atoms with Gasteiger partial charge in [0.1, 0.15) is 5.00 Å². The molecule has 1 aliphatic carbocycles. The maximum absolute atomic E-state index is 11.8. The normalized spacial score (nSPS) is 14.0. The van der Waals surface area contributed by atoms with Crippen LogP contribution in [-0.4, -0.2) is 26.2 Å². The van der Waals surface area contributed by atoms with Gasteiger partial charge < -0.3 is 10.6 Å². The van der Waals surface area contributed by atoms with E-state index in [0.717, 1.165) is 41.1 Å². The van der Waals surface area contributed by atoms with E-state index in [1.807, 2.05) is 32.4 Å². The third kappa shape index (κ3) is 3.29. The van der Waals surface area contributed by atoms with E-state index < -0.39 is 0 Å². The fraction of sp³-hybridized carbons (Fsp3) is 0.333. The Labute approximate surface area is 140 Å². The number of nitrogens with zero attached hydrogens (tertiary/aromatic N) is 2. The second-order valence-electron chi connectivity index (χ2n) is 6.00. The zero-order valence-electron chi connectivity index (χ0n) is 13.5. The van der Waals surface area contributed by atoms with Crippen LogP contribution < -0.4 is 10.6 Å². The molecule has 5 heteroatoms. The first-order chi connectivity index (χ1) is 11.1. The third-order valence-corrected chi connectivity index (χ3v) is 5.34. The van der Waals surface area contributed by atoms with E-state index in [1.165, 1.54) is 11.3 Å². The van der Waals surface area contributed by atoms with E-state index in [9.17, 15) is 4.79 Å². The zero-order chi connectivity index (χ0) is 16.4. The van der Waals surface area contributed by atoms with Crippen molar-refractivity contribution in [2.75, 3.05) is 19.0 Å². The monoisotopic (exact) mass is 327 g/mol. The van der Waals surface area contributed by atoms with Crippen LogP contribution in [0.25, 0.3) is 0 Å². The molecule has 2 aromatic rings. The van der Waals surface area contributed by atoms with Gasteiger partial charge in [-0.2, -0.15) is 0 Å². The number of benzene rings is 1. The summed E-state index contributed by atoms with van der Waals surface area (Å²) in [4.78, 5) is 19.7. The van der Waals surface area contributed by atoms with Crippen molar-refractivity contribution in [3.05, 3.63) is 45.8 Å². The number of thiophene rings is 1. The predicted octanol–water partition coefficient (Wildman–Crippen LogP) is 3.54. The molecule has 23 heavy (non-hydrogen) atoms. The van der Waals surface area contributed by atoms with Crippen LogP contribution in [0.3, 0.4) is 0 Å². The van der Waals surface area contributed by atoms with Crippen LogP contribution in [0.4, 0.5) is 10.7 Å². The number of rotatable bonds is 4. The predicted molar refractivity (Wildman–Crippen MR) is 97.5 cm³/mol. The van der Waals surface area contributed by atoms with Crippen LogP contribution in [0, 0.1) is 0 Å². The molecule has 2 N–H and O–H groups in total.